The van der Waals surface area contributed by atoms with Crippen LogP contribution >= 0.6 is 12.4 Å². The summed E-state index contributed by atoms with van der Waals surface area (Å²) in [6, 6.07) is 9.76. The summed E-state index contributed by atoms with van der Waals surface area (Å²) in [6.07, 6.45) is 1.67. The fourth-order valence-electron chi connectivity index (χ4n) is 3.00. The lowest BCUT2D eigenvalue weighted by Gasteiger charge is -2.44. The lowest BCUT2D eigenvalue weighted by atomic mass is 9.90. The minimum Gasteiger partial charge on any atom is -0.445 e. The molecule has 2 fully saturated rings. The SMILES string of the molecule is Cl.O=C(OCc1ccccc1)N1CCOC2(CCNCC2)C1. The Labute approximate surface area is 137 Å². The first-order valence-corrected chi connectivity index (χ1v) is 7.58. The second-order valence-electron chi connectivity index (χ2n) is 5.74. The molecule has 0 aliphatic carbocycles. The molecule has 5 nitrogen and oxygen atoms in total. The normalized spacial score (nSPS) is 20.3. The van der Waals surface area contributed by atoms with E-state index in [2.05, 4.69) is 5.32 Å². The predicted octanol–water partition coefficient (Wildman–Crippen LogP) is 2.20. The van der Waals surface area contributed by atoms with E-state index >= 15 is 0 Å². The first-order valence-electron chi connectivity index (χ1n) is 7.58. The molecule has 1 spiro atoms. The van der Waals surface area contributed by atoms with Gasteiger partial charge in [0.25, 0.3) is 0 Å². The minimum absolute atomic E-state index is 0. The zero-order valence-electron chi connectivity index (χ0n) is 12.6. The molecule has 2 aliphatic heterocycles. The third kappa shape index (κ3) is 4.12. The number of nitrogens with one attached hydrogen (secondary N) is 1. The molecular weight excluding hydrogens is 304 g/mol. The number of halogens is 1. The van der Waals surface area contributed by atoms with Crippen molar-refractivity contribution < 1.29 is 14.3 Å². The Kier molecular flexibility index (Phi) is 6.06. The summed E-state index contributed by atoms with van der Waals surface area (Å²) < 4.78 is 11.4. The maximum Gasteiger partial charge on any atom is 0.410 e. The fraction of sp³-hybridized carbons (Fsp3) is 0.562. The number of rotatable bonds is 2. The molecule has 0 atom stereocenters. The summed E-state index contributed by atoms with van der Waals surface area (Å²) in [6.45, 7) is 4.08. The number of amides is 1. The van der Waals surface area contributed by atoms with Crippen molar-refractivity contribution in [3.8, 4) is 0 Å². The zero-order valence-corrected chi connectivity index (χ0v) is 13.4. The Bertz CT molecular complexity index is 472. The molecule has 1 amide bonds. The van der Waals surface area contributed by atoms with Gasteiger partial charge in [0.2, 0.25) is 0 Å². The molecule has 2 saturated heterocycles. The maximum atomic E-state index is 12.2. The van der Waals surface area contributed by atoms with Crippen LogP contribution in [0.25, 0.3) is 0 Å². The molecule has 3 rings (SSSR count). The average Bonchev–Trinajstić information content (AvgIpc) is 2.54. The van der Waals surface area contributed by atoms with Crippen LogP contribution in [0.1, 0.15) is 18.4 Å². The van der Waals surface area contributed by atoms with Crippen LogP contribution in [-0.2, 0) is 16.1 Å². The van der Waals surface area contributed by atoms with E-state index in [0.717, 1.165) is 31.5 Å². The molecule has 0 unspecified atom stereocenters. The van der Waals surface area contributed by atoms with Crippen LogP contribution in [0, 0.1) is 0 Å². The van der Waals surface area contributed by atoms with Crippen molar-refractivity contribution >= 4 is 18.5 Å². The molecule has 2 heterocycles. The van der Waals surface area contributed by atoms with E-state index in [-0.39, 0.29) is 24.1 Å². The van der Waals surface area contributed by atoms with E-state index in [9.17, 15) is 4.79 Å². The average molecular weight is 327 g/mol. The van der Waals surface area contributed by atoms with Crippen molar-refractivity contribution in [3.05, 3.63) is 35.9 Å². The van der Waals surface area contributed by atoms with Gasteiger partial charge >= 0.3 is 6.09 Å². The van der Waals surface area contributed by atoms with Crippen molar-refractivity contribution in [2.45, 2.75) is 25.0 Å². The number of piperidine rings is 1. The molecule has 22 heavy (non-hydrogen) atoms. The van der Waals surface area contributed by atoms with Gasteiger partial charge in [-0.15, -0.1) is 12.4 Å². The van der Waals surface area contributed by atoms with Crippen molar-refractivity contribution in [1.82, 2.24) is 10.2 Å². The quantitative estimate of drug-likeness (QED) is 0.905. The molecule has 0 aromatic heterocycles. The Morgan fingerprint density at radius 2 is 2.00 bits per heavy atom. The molecule has 2 aliphatic rings. The number of carbonyl (C=O) groups is 1. The number of carbonyl (C=O) groups excluding carboxylic acids is 1. The number of nitrogens with zero attached hydrogens (tertiary/aromatic N) is 1. The van der Waals surface area contributed by atoms with Crippen molar-refractivity contribution in [3.63, 3.8) is 0 Å². The Hall–Kier alpha value is -1.30. The molecule has 1 aromatic rings. The third-order valence-electron chi connectivity index (χ3n) is 4.23. The van der Waals surface area contributed by atoms with Crippen molar-refractivity contribution in [1.29, 1.82) is 0 Å². The molecule has 0 saturated carbocycles. The van der Waals surface area contributed by atoms with Gasteiger partial charge in [0.05, 0.1) is 18.8 Å². The van der Waals surface area contributed by atoms with Crippen molar-refractivity contribution in [2.24, 2.45) is 0 Å². The third-order valence-corrected chi connectivity index (χ3v) is 4.23. The number of ether oxygens (including phenoxy) is 2. The van der Waals surface area contributed by atoms with Crippen LogP contribution in [0.5, 0.6) is 0 Å². The van der Waals surface area contributed by atoms with Gasteiger partial charge in [0.15, 0.2) is 0 Å². The van der Waals surface area contributed by atoms with Crippen molar-refractivity contribution in [2.75, 3.05) is 32.8 Å². The van der Waals surface area contributed by atoms with Crippen LogP contribution in [-0.4, -0.2) is 49.4 Å². The van der Waals surface area contributed by atoms with Crippen LogP contribution in [0.15, 0.2) is 30.3 Å². The van der Waals surface area contributed by atoms with E-state index < -0.39 is 0 Å². The molecular formula is C16H23ClN2O3. The highest BCUT2D eigenvalue weighted by Gasteiger charge is 2.39. The Morgan fingerprint density at radius 1 is 1.27 bits per heavy atom. The summed E-state index contributed by atoms with van der Waals surface area (Å²) in [5, 5.41) is 3.33. The predicted molar refractivity (Wildman–Crippen MR) is 86.2 cm³/mol. The first-order chi connectivity index (χ1) is 10.3. The van der Waals surface area contributed by atoms with Gasteiger partial charge in [-0.25, -0.2) is 4.79 Å². The molecule has 0 radical (unpaired) electrons. The van der Waals surface area contributed by atoms with Crippen LogP contribution < -0.4 is 5.32 Å². The Morgan fingerprint density at radius 3 is 2.73 bits per heavy atom. The van der Waals surface area contributed by atoms with E-state index in [0.29, 0.717) is 26.3 Å². The minimum atomic E-state index is -0.236. The number of morpholine rings is 1. The molecule has 1 aromatic carbocycles. The first kappa shape index (κ1) is 17.1. The smallest absolute Gasteiger partial charge is 0.410 e. The monoisotopic (exact) mass is 326 g/mol. The maximum absolute atomic E-state index is 12.2. The summed E-state index contributed by atoms with van der Waals surface area (Å²) >= 11 is 0. The zero-order chi connectivity index (χ0) is 14.5. The van der Waals surface area contributed by atoms with Crippen LogP contribution in [0.4, 0.5) is 4.79 Å². The molecule has 6 heteroatoms. The molecule has 122 valence electrons. The lowest BCUT2D eigenvalue weighted by Crippen LogP contribution is -2.57. The number of hydrogen-bond acceptors (Lipinski definition) is 4. The number of hydrogen-bond donors (Lipinski definition) is 1. The molecule has 0 bridgehead atoms. The second-order valence-corrected chi connectivity index (χ2v) is 5.74. The largest absolute Gasteiger partial charge is 0.445 e. The van der Waals surface area contributed by atoms with Gasteiger partial charge in [-0.2, -0.15) is 0 Å². The summed E-state index contributed by atoms with van der Waals surface area (Å²) in [7, 11) is 0. The van der Waals surface area contributed by atoms with Crippen LogP contribution in [0.2, 0.25) is 0 Å². The standard InChI is InChI=1S/C16H22N2O3.ClH/c19-15(20-12-14-4-2-1-3-5-14)18-10-11-21-16(13-18)6-8-17-9-7-16;/h1-5,17H,6-13H2;1H. The second kappa shape index (κ2) is 7.81. The van der Waals surface area contributed by atoms with E-state index in [1.165, 1.54) is 0 Å². The summed E-state index contributed by atoms with van der Waals surface area (Å²) in [5.74, 6) is 0. The molecule has 1 N–H and O–H groups in total. The van der Waals surface area contributed by atoms with E-state index in [4.69, 9.17) is 9.47 Å². The van der Waals surface area contributed by atoms with Gasteiger partial charge in [-0.3, -0.25) is 0 Å². The van der Waals surface area contributed by atoms with Gasteiger partial charge < -0.3 is 19.7 Å². The van der Waals surface area contributed by atoms with E-state index in [1.807, 2.05) is 30.3 Å². The van der Waals surface area contributed by atoms with Gasteiger partial charge in [0.1, 0.15) is 6.61 Å². The highest BCUT2D eigenvalue weighted by Crippen LogP contribution is 2.27. The topological polar surface area (TPSA) is 50.8 Å². The highest BCUT2D eigenvalue weighted by atomic mass is 35.5. The lowest BCUT2D eigenvalue weighted by molar-refractivity contribution is -0.118. The Balaban J connectivity index is 0.00000176. The fourth-order valence-corrected chi connectivity index (χ4v) is 3.00. The summed E-state index contributed by atoms with van der Waals surface area (Å²) in [5.41, 5.74) is 0.839. The highest BCUT2D eigenvalue weighted by molar-refractivity contribution is 5.85. The number of benzene rings is 1. The van der Waals surface area contributed by atoms with Crippen LogP contribution in [0.3, 0.4) is 0 Å². The van der Waals surface area contributed by atoms with E-state index in [1.54, 1.807) is 4.90 Å². The van der Waals surface area contributed by atoms with Gasteiger partial charge in [0, 0.05) is 6.54 Å². The summed E-state index contributed by atoms with van der Waals surface area (Å²) in [4.78, 5) is 14.0. The van der Waals surface area contributed by atoms with Gasteiger partial charge in [-0.05, 0) is 31.5 Å². The van der Waals surface area contributed by atoms with Gasteiger partial charge in [-0.1, -0.05) is 30.3 Å².